The van der Waals surface area contributed by atoms with Crippen LogP contribution in [0.4, 0.5) is 0 Å². The number of nitrogens with one attached hydrogen (secondary N) is 1. The lowest BCUT2D eigenvalue weighted by molar-refractivity contribution is 0.440. The van der Waals surface area contributed by atoms with Gasteiger partial charge in [0.05, 0.1) is 5.54 Å². The molecule has 0 heterocycles. The van der Waals surface area contributed by atoms with Gasteiger partial charge in [-0.1, -0.05) is 39.3 Å². The minimum atomic E-state index is -0.479. The molecule has 0 amide bonds. The second-order valence-electron chi connectivity index (χ2n) is 7.74. The monoisotopic (exact) mass is 346 g/mol. The number of hydrazone groups is 1. The van der Waals surface area contributed by atoms with Crippen LogP contribution in [0.1, 0.15) is 94.9 Å². The molecule has 0 aromatic rings. The SMILES string of the molecule is CCC(CC)=NNC(C)(C)C.CCC(Cl)(CC)N=NC(C)(C)C. The molecule has 0 rings (SSSR count). The van der Waals surface area contributed by atoms with E-state index in [2.05, 4.69) is 55.4 Å². The Hall–Kier alpha value is -0.640. The zero-order valence-corrected chi connectivity index (χ0v) is 17.8. The molecule has 0 atom stereocenters. The summed E-state index contributed by atoms with van der Waals surface area (Å²) in [6.45, 7) is 20.7. The third-order valence-corrected chi connectivity index (χ3v) is 3.59. The molecule has 0 aromatic carbocycles. The molecule has 0 saturated heterocycles. The molecule has 0 fully saturated rings. The number of halogens is 1. The van der Waals surface area contributed by atoms with Gasteiger partial charge in [0.2, 0.25) is 0 Å². The van der Waals surface area contributed by atoms with Gasteiger partial charge in [-0.2, -0.15) is 15.3 Å². The predicted octanol–water partition coefficient (Wildman–Crippen LogP) is 6.54. The van der Waals surface area contributed by atoms with Crippen molar-refractivity contribution >= 4 is 17.3 Å². The molecule has 138 valence electrons. The minimum Gasteiger partial charge on any atom is -0.305 e. The van der Waals surface area contributed by atoms with Gasteiger partial charge in [-0.25, -0.2) is 0 Å². The largest absolute Gasteiger partial charge is 0.305 e. The lowest BCUT2D eigenvalue weighted by Crippen LogP contribution is -2.32. The fourth-order valence-corrected chi connectivity index (χ4v) is 1.32. The van der Waals surface area contributed by atoms with Crippen LogP contribution in [0.2, 0.25) is 0 Å². The Bertz CT molecular complexity index is 352. The maximum absolute atomic E-state index is 6.15. The van der Waals surface area contributed by atoms with E-state index >= 15 is 0 Å². The van der Waals surface area contributed by atoms with E-state index in [4.69, 9.17) is 11.6 Å². The van der Waals surface area contributed by atoms with Crippen molar-refractivity contribution in [3.63, 3.8) is 0 Å². The van der Waals surface area contributed by atoms with E-state index in [1.807, 2.05) is 34.6 Å². The maximum atomic E-state index is 6.15. The van der Waals surface area contributed by atoms with Gasteiger partial charge < -0.3 is 5.43 Å². The molecule has 0 bridgehead atoms. The maximum Gasteiger partial charge on any atom is 0.154 e. The number of hydrogen-bond donors (Lipinski definition) is 1. The van der Waals surface area contributed by atoms with Crippen LogP contribution in [-0.4, -0.2) is 21.8 Å². The lowest BCUT2D eigenvalue weighted by atomic mass is 10.1. The molecular weight excluding hydrogens is 308 g/mol. The smallest absolute Gasteiger partial charge is 0.154 e. The summed E-state index contributed by atoms with van der Waals surface area (Å²) < 4.78 is 0. The molecule has 0 spiro atoms. The van der Waals surface area contributed by atoms with Gasteiger partial charge in [0.1, 0.15) is 0 Å². The molecule has 0 saturated carbocycles. The fraction of sp³-hybridized carbons (Fsp3) is 0.944. The van der Waals surface area contributed by atoms with E-state index in [0.29, 0.717) is 0 Å². The standard InChI is InChI=1S/C9H19ClN2.C9H20N2/c1-6-9(10,7-2)12-11-8(3,4)5;1-6-8(7-2)10-11-9(3,4)5/h6-7H2,1-5H3;11H,6-7H2,1-5H3. The Balaban J connectivity index is 0. The molecule has 1 N–H and O–H groups in total. The third-order valence-electron chi connectivity index (χ3n) is 2.98. The summed E-state index contributed by atoms with van der Waals surface area (Å²) in [5.74, 6) is 0. The number of azo groups is 1. The van der Waals surface area contributed by atoms with E-state index in [9.17, 15) is 0 Å². The Morgan fingerprint density at radius 3 is 1.52 bits per heavy atom. The Kier molecular flexibility index (Phi) is 11.8. The summed E-state index contributed by atoms with van der Waals surface area (Å²) in [7, 11) is 0. The summed E-state index contributed by atoms with van der Waals surface area (Å²) >= 11 is 6.15. The Labute approximate surface area is 149 Å². The van der Waals surface area contributed by atoms with Crippen LogP contribution in [-0.2, 0) is 0 Å². The summed E-state index contributed by atoms with van der Waals surface area (Å²) in [5, 5.41) is 12.6. The second-order valence-corrected chi connectivity index (χ2v) is 8.45. The van der Waals surface area contributed by atoms with Gasteiger partial charge in [0, 0.05) is 11.3 Å². The lowest BCUT2D eigenvalue weighted by Gasteiger charge is -2.19. The first-order valence-corrected chi connectivity index (χ1v) is 9.15. The molecule has 0 aromatic heterocycles. The van der Waals surface area contributed by atoms with Gasteiger partial charge in [-0.05, 0) is 67.2 Å². The fourth-order valence-electron chi connectivity index (χ4n) is 1.29. The van der Waals surface area contributed by atoms with Crippen LogP contribution in [0.3, 0.4) is 0 Å². The van der Waals surface area contributed by atoms with Crippen molar-refractivity contribution in [2.45, 2.75) is 111 Å². The minimum absolute atomic E-state index is 0.0928. The molecule has 0 aliphatic rings. The number of rotatable bonds is 6. The van der Waals surface area contributed by atoms with Crippen molar-refractivity contribution in [1.29, 1.82) is 0 Å². The van der Waals surface area contributed by atoms with E-state index in [-0.39, 0.29) is 11.1 Å². The normalized spacial score (nSPS) is 12.7. The molecule has 0 aliphatic heterocycles. The van der Waals surface area contributed by atoms with Gasteiger partial charge >= 0.3 is 0 Å². The van der Waals surface area contributed by atoms with E-state index < -0.39 is 5.00 Å². The molecule has 23 heavy (non-hydrogen) atoms. The van der Waals surface area contributed by atoms with Crippen LogP contribution >= 0.6 is 11.6 Å². The molecule has 0 aliphatic carbocycles. The molecule has 0 radical (unpaired) electrons. The topological polar surface area (TPSA) is 49.1 Å². The van der Waals surface area contributed by atoms with Crippen LogP contribution in [0.25, 0.3) is 0 Å². The van der Waals surface area contributed by atoms with Crippen molar-refractivity contribution in [3.8, 4) is 0 Å². The quantitative estimate of drug-likeness (QED) is 0.191. The Morgan fingerprint density at radius 2 is 1.26 bits per heavy atom. The first-order valence-electron chi connectivity index (χ1n) is 8.78. The summed E-state index contributed by atoms with van der Waals surface area (Å²) in [6, 6.07) is 0. The average molecular weight is 347 g/mol. The van der Waals surface area contributed by atoms with Gasteiger partial charge in [0.15, 0.2) is 5.00 Å². The van der Waals surface area contributed by atoms with Crippen LogP contribution < -0.4 is 5.43 Å². The highest BCUT2D eigenvalue weighted by atomic mass is 35.5. The molecule has 4 nitrogen and oxygen atoms in total. The Morgan fingerprint density at radius 1 is 0.826 bits per heavy atom. The highest BCUT2D eigenvalue weighted by Gasteiger charge is 2.22. The predicted molar refractivity (Wildman–Crippen MR) is 105 cm³/mol. The van der Waals surface area contributed by atoms with Gasteiger partial charge in [-0.15, -0.1) is 0 Å². The van der Waals surface area contributed by atoms with Crippen molar-refractivity contribution < 1.29 is 0 Å². The highest BCUT2D eigenvalue weighted by Crippen LogP contribution is 2.27. The summed E-state index contributed by atoms with van der Waals surface area (Å²) in [5.41, 5.74) is 4.32. The van der Waals surface area contributed by atoms with Crippen LogP contribution in [0, 0.1) is 0 Å². The first-order chi connectivity index (χ1) is 10.3. The van der Waals surface area contributed by atoms with E-state index in [0.717, 1.165) is 25.7 Å². The van der Waals surface area contributed by atoms with Gasteiger partial charge in [-0.3, -0.25) is 0 Å². The zero-order chi connectivity index (χ0) is 18.7. The highest BCUT2D eigenvalue weighted by molar-refractivity contribution is 6.23. The first kappa shape index (κ1) is 24.6. The zero-order valence-electron chi connectivity index (χ0n) is 17.0. The summed E-state index contributed by atoms with van der Waals surface area (Å²) in [4.78, 5) is -0.479. The van der Waals surface area contributed by atoms with Gasteiger partial charge in [0.25, 0.3) is 0 Å². The van der Waals surface area contributed by atoms with Crippen molar-refractivity contribution in [3.05, 3.63) is 0 Å². The van der Waals surface area contributed by atoms with E-state index in [1.165, 1.54) is 5.71 Å². The van der Waals surface area contributed by atoms with Crippen LogP contribution in [0.15, 0.2) is 15.3 Å². The van der Waals surface area contributed by atoms with Crippen molar-refractivity contribution in [1.82, 2.24) is 5.43 Å². The van der Waals surface area contributed by atoms with Crippen LogP contribution in [0.5, 0.6) is 0 Å². The molecular formula is C18H39ClN4. The average Bonchev–Trinajstić information content (AvgIpc) is 2.45. The van der Waals surface area contributed by atoms with Crippen molar-refractivity contribution in [2.24, 2.45) is 15.3 Å². The summed E-state index contributed by atoms with van der Waals surface area (Å²) in [6.07, 6.45) is 3.73. The second kappa shape index (κ2) is 11.0. The molecule has 0 unspecified atom stereocenters. The number of nitrogens with zero attached hydrogens (tertiary/aromatic N) is 3. The molecule has 5 heteroatoms. The number of hydrogen-bond acceptors (Lipinski definition) is 4. The third kappa shape index (κ3) is 16.0. The number of alkyl halides is 1. The van der Waals surface area contributed by atoms with Crippen molar-refractivity contribution in [2.75, 3.05) is 0 Å². The van der Waals surface area contributed by atoms with E-state index in [1.54, 1.807) is 0 Å².